The number of nitrogens with one attached hydrogen (secondary N) is 1. The molecule has 2 rings (SSSR count). The molecule has 0 heterocycles. The summed E-state index contributed by atoms with van der Waals surface area (Å²) in [5, 5.41) is 3.67. The highest BCUT2D eigenvalue weighted by Gasteiger charge is 2.20. The summed E-state index contributed by atoms with van der Waals surface area (Å²) in [6.45, 7) is 0. The maximum Gasteiger partial charge on any atom is 0.251 e. The molecule has 0 bridgehead atoms. The molecular formula is C13H17Cl2IN2O. The van der Waals surface area contributed by atoms with Gasteiger partial charge in [0.15, 0.2) is 0 Å². The van der Waals surface area contributed by atoms with Gasteiger partial charge in [-0.3, -0.25) is 4.79 Å². The van der Waals surface area contributed by atoms with Crippen LogP contribution in [0.2, 0.25) is 5.02 Å². The number of amides is 1. The topological polar surface area (TPSA) is 55.1 Å². The van der Waals surface area contributed by atoms with Crippen LogP contribution in [0.1, 0.15) is 36.0 Å². The van der Waals surface area contributed by atoms with Crippen LogP contribution in [0, 0.1) is 3.57 Å². The Morgan fingerprint density at radius 3 is 2.53 bits per heavy atom. The maximum absolute atomic E-state index is 12.1. The molecule has 0 unspecified atom stereocenters. The highest BCUT2D eigenvalue weighted by atomic mass is 127. The van der Waals surface area contributed by atoms with Crippen molar-refractivity contribution >= 4 is 52.5 Å². The zero-order valence-electron chi connectivity index (χ0n) is 10.4. The molecule has 3 nitrogen and oxygen atoms in total. The zero-order valence-corrected chi connectivity index (χ0v) is 14.1. The molecule has 1 aliphatic rings. The lowest BCUT2D eigenvalue weighted by atomic mass is 9.91. The SMILES string of the molecule is Cl.NC1CCC(NC(=O)c2ccc(I)c(Cl)c2)CC1. The minimum Gasteiger partial charge on any atom is -0.349 e. The van der Waals surface area contributed by atoms with E-state index in [0.29, 0.717) is 16.6 Å². The molecule has 0 radical (unpaired) electrons. The third-order valence-electron chi connectivity index (χ3n) is 3.29. The number of halogens is 3. The molecule has 6 heteroatoms. The minimum absolute atomic E-state index is 0. The van der Waals surface area contributed by atoms with Gasteiger partial charge in [-0.15, -0.1) is 12.4 Å². The van der Waals surface area contributed by atoms with Gasteiger partial charge < -0.3 is 11.1 Å². The monoisotopic (exact) mass is 414 g/mol. The molecule has 1 aliphatic carbocycles. The first-order valence-corrected chi connectivity index (χ1v) is 7.53. The molecule has 3 N–H and O–H groups in total. The van der Waals surface area contributed by atoms with Crippen molar-refractivity contribution in [3.63, 3.8) is 0 Å². The van der Waals surface area contributed by atoms with E-state index in [1.807, 2.05) is 6.07 Å². The molecule has 1 aromatic rings. The fourth-order valence-electron chi connectivity index (χ4n) is 2.17. The minimum atomic E-state index is -0.0474. The largest absolute Gasteiger partial charge is 0.349 e. The predicted octanol–water partition coefficient (Wildman–Crippen LogP) is 3.37. The lowest BCUT2D eigenvalue weighted by molar-refractivity contribution is 0.0926. The van der Waals surface area contributed by atoms with Gasteiger partial charge in [0, 0.05) is 21.2 Å². The molecule has 0 spiro atoms. The van der Waals surface area contributed by atoms with Crippen molar-refractivity contribution in [2.75, 3.05) is 0 Å². The molecular weight excluding hydrogens is 398 g/mol. The first-order chi connectivity index (χ1) is 8.56. The lowest BCUT2D eigenvalue weighted by Crippen LogP contribution is -2.40. The Labute approximate surface area is 138 Å². The second-order valence-corrected chi connectivity index (χ2v) is 6.28. The van der Waals surface area contributed by atoms with E-state index in [-0.39, 0.29) is 24.4 Å². The average molecular weight is 415 g/mol. The van der Waals surface area contributed by atoms with E-state index in [0.717, 1.165) is 29.3 Å². The van der Waals surface area contributed by atoms with Gasteiger partial charge >= 0.3 is 0 Å². The molecule has 0 saturated heterocycles. The van der Waals surface area contributed by atoms with Crippen LogP contribution in [-0.4, -0.2) is 18.0 Å². The third kappa shape index (κ3) is 4.77. The number of nitrogens with two attached hydrogens (primary N) is 1. The highest BCUT2D eigenvalue weighted by molar-refractivity contribution is 14.1. The Hall–Kier alpha value is -0.0400. The van der Waals surface area contributed by atoms with Gasteiger partial charge in [0.2, 0.25) is 0 Å². The fourth-order valence-corrected chi connectivity index (χ4v) is 2.69. The summed E-state index contributed by atoms with van der Waals surface area (Å²) in [6, 6.07) is 5.92. The van der Waals surface area contributed by atoms with Crippen LogP contribution in [0.25, 0.3) is 0 Å². The number of carbonyl (C=O) groups excluding carboxylic acids is 1. The summed E-state index contributed by atoms with van der Waals surface area (Å²) in [6.07, 6.45) is 3.90. The Balaban J connectivity index is 0.00000180. The Kier molecular flexibility index (Phi) is 6.86. The Bertz CT molecular complexity index is 448. The zero-order chi connectivity index (χ0) is 13.1. The van der Waals surface area contributed by atoms with E-state index < -0.39 is 0 Å². The van der Waals surface area contributed by atoms with Crippen molar-refractivity contribution in [1.29, 1.82) is 0 Å². The summed E-state index contributed by atoms with van der Waals surface area (Å²) in [5.41, 5.74) is 6.47. The van der Waals surface area contributed by atoms with Crippen molar-refractivity contribution < 1.29 is 4.79 Å². The first-order valence-electron chi connectivity index (χ1n) is 6.08. The number of hydrogen-bond donors (Lipinski definition) is 2. The smallest absolute Gasteiger partial charge is 0.251 e. The van der Waals surface area contributed by atoms with Crippen LogP contribution in [0.3, 0.4) is 0 Å². The Morgan fingerprint density at radius 1 is 1.32 bits per heavy atom. The maximum atomic E-state index is 12.1. The molecule has 0 aromatic heterocycles. The van der Waals surface area contributed by atoms with Crippen molar-refractivity contribution in [2.24, 2.45) is 5.73 Å². The predicted molar refractivity (Wildman–Crippen MR) is 89.1 cm³/mol. The fraction of sp³-hybridized carbons (Fsp3) is 0.462. The normalized spacial score (nSPS) is 22.5. The number of carbonyl (C=O) groups is 1. The van der Waals surface area contributed by atoms with E-state index in [4.69, 9.17) is 17.3 Å². The van der Waals surface area contributed by atoms with Crippen molar-refractivity contribution in [2.45, 2.75) is 37.8 Å². The van der Waals surface area contributed by atoms with E-state index in [1.165, 1.54) is 0 Å². The third-order valence-corrected chi connectivity index (χ3v) is 4.86. The molecule has 1 aromatic carbocycles. The van der Waals surface area contributed by atoms with Crippen LogP contribution in [0.5, 0.6) is 0 Å². The summed E-state index contributed by atoms with van der Waals surface area (Å²) in [4.78, 5) is 12.1. The molecule has 106 valence electrons. The van der Waals surface area contributed by atoms with Crippen molar-refractivity contribution in [3.05, 3.63) is 32.4 Å². The van der Waals surface area contributed by atoms with E-state index >= 15 is 0 Å². The van der Waals surface area contributed by atoms with Crippen molar-refractivity contribution in [1.82, 2.24) is 5.32 Å². The number of rotatable bonds is 2. The van der Waals surface area contributed by atoms with E-state index in [2.05, 4.69) is 27.9 Å². The van der Waals surface area contributed by atoms with E-state index in [1.54, 1.807) is 12.1 Å². The van der Waals surface area contributed by atoms with Crippen LogP contribution in [0.15, 0.2) is 18.2 Å². The van der Waals surface area contributed by atoms with Gasteiger partial charge in [0.25, 0.3) is 5.91 Å². The van der Waals surface area contributed by atoms with Crippen molar-refractivity contribution in [3.8, 4) is 0 Å². The summed E-state index contributed by atoms with van der Waals surface area (Å²) in [5.74, 6) is -0.0474. The van der Waals surface area contributed by atoms with Gasteiger partial charge in [-0.05, 0) is 66.5 Å². The molecule has 1 amide bonds. The summed E-state index contributed by atoms with van der Waals surface area (Å²) in [7, 11) is 0. The van der Waals surface area contributed by atoms with Gasteiger partial charge in [-0.2, -0.15) is 0 Å². The molecule has 1 saturated carbocycles. The van der Waals surface area contributed by atoms with Crippen LogP contribution in [0.4, 0.5) is 0 Å². The number of hydrogen-bond acceptors (Lipinski definition) is 2. The van der Waals surface area contributed by atoms with Crippen LogP contribution in [-0.2, 0) is 0 Å². The molecule has 0 aliphatic heterocycles. The first kappa shape index (κ1) is 17.0. The second kappa shape index (κ2) is 7.67. The standard InChI is InChI=1S/C13H16ClIN2O.ClH/c14-11-7-8(1-6-12(11)15)13(18)17-10-4-2-9(16)3-5-10;/h1,6-7,9-10H,2-5,16H2,(H,17,18);1H. The summed E-state index contributed by atoms with van der Waals surface area (Å²) >= 11 is 8.16. The van der Waals surface area contributed by atoms with Crippen LogP contribution >= 0.6 is 46.6 Å². The summed E-state index contributed by atoms with van der Waals surface area (Å²) < 4.78 is 0.953. The number of benzene rings is 1. The Morgan fingerprint density at radius 2 is 1.95 bits per heavy atom. The highest BCUT2D eigenvalue weighted by Crippen LogP contribution is 2.21. The average Bonchev–Trinajstić information content (AvgIpc) is 2.35. The van der Waals surface area contributed by atoms with Gasteiger partial charge in [-0.1, -0.05) is 11.6 Å². The second-order valence-electron chi connectivity index (χ2n) is 4.71. The lowest BCUT2D eigenvalue weighted by Gasteiger charge is -2.26. The van der Waals surface area contributed by atoms with Crippen LogP contribution < -0.4 is 11.1 Å². The van der Waals surface area contributed by atoms with Gasteiger partial charge in [0.05, 0.1) is 5.02 Å². The van der Waals surface area contributed by atoms with Gasteiger partial charge in [-0.25, -0.2) is 0 Å². The molecule has 0 atom stereocenters. The van der Waals surface area contributed by atoms with E-state index in [9.17, 15) is 4.79 Å². The molecule has 1 fully saturated rings. The quantitative estimate of drug-likeness (QED) is 0.729. The van der Waals surface area contributed by atoms with Gasteiger partial charge in [0.1, 0.15) is 0 Å². The molecule has 19 heavy (non-hydrogen) atoms.